The molecular formula is C11H10ClF3N2O. The van der Waals surface area contributed by atoms with E-state index in [1.165, 1.54) is 12.3 Å². The van der Waals surface area contributed by atoms with Gasteiger partial charge in [0.2, 0.25) is 5.91 Å². The van der Waals surface area contributed by atoms with Crippen molar-refractivity contribution in [3.63, 3.8) is 0 Å². The second-order valence-corrected chi connectivity index (χ2v) is 4.64. The number of carbonyl (C=O) groups is 1. The largest absolute Gasteiger partial charge is 0.405 e. The molecule has 3 nitrogen and oxygen atoms in total. The van der Waals surface area contributed by atoms with E-state index in [-0.39, 0.29) is 5.15 Å². The maximum absolute atomic E-state index is 12.0. The lowest BCUT2D eigenvalue weighted by Crippen LogP contribution is -2.40. The minimum absolute atomic E-state index is 0.283. The number of nitrogens with one attached hydrogen (secondary N) is 1. The van der Waals surface area contributed by atoms with Gasteiger partial charge in [-0.25, -0.2) is 4.98 Å². The molecule has 7 heteroatoms. The lowest BCUT2D eigenvalue weighted by Gasteiger charge is -2.16. The van der Waals surface area contributed by atoms with Gasteiger partial charge in [-0.1, -0.05) is 17.7 Å². The van der Waals surface area contributed by atoms with E-state index in [2.05, 4.69) is 4.98 Å². The van der Waals surface area contributed by atoms with Crippen molar-refractivity contribution in [3.05, 3.63) is 29.0 Å². The molecule has 0 unspecified atom stereocenters. The van der Waals surface area contributed by atoms with Gasteiger partial charge in [-0.05, 0) is 24.5 Å². The molecule has 1 aromatic heterocycles. The van der Waals surface area contributed by atoms with Gasteiger partial charge in [0.05, 0.1) is 5.41 Å². The molecule has 1 amide bonds. The Hall–Kier alpha value is -1.30. The molecule has 1 N–H and O–H groups in total. The van der Waals surface area contributed by atoms with Crippen molar-refractivity contribution in [2.75, 3.05) is 6.54 Å². The van der Waals surface area contributed by atoms with Crippen LogP contribution in [0.5, 0.6) is 0 Å². The quantitative estimate of drug-likeness (QED) is 0.863. The van der Waals surface area contributed by atoms with Gasteiger partial charge in [-0.15, -0.1) is 0 Å². The Labute approximate surface area is 106 Å². The lowest BCUT2D eigenvalue weighted by atomic mass is 9.97. The highest BCUT2D eigenvalue weighted by Gasteiger charge is 2.52. The van der Waals surface area contributed by atoms with Gasteiger partial charge in [0.25, 0.3) is 0 Å². The average molecular weight is 279 g/mol. The van der Waals surface area contributed by atoms with E-state index in [1.54, 1.807) is 6.07 Å². The Balaban J connectivity index is 2.07. The van der Waals surface area contributed by atoms with Crippen LogP contribution in [-0.4, -0.2) is 23.6 Å². The van der Waals surface area contributed by atoms with Gasteiger partial charge < -0.3 is 5.32 Å². The summed E-state index contributed by atoms with van der Waals surface area (Å²) in [6.07, 6.45) is -1.91. The van der Waals surface area contributed by atoms with E-state index in [1.807, 2.05) is 5.32 Å². The molecule has 0 bridgehead atoms. The van der Waals surface area contributed by atoms with Crippen LogP contribution in [0.4, 0.5) is 13.2 Å². The molecule has 0 radical (unpaired) electrons. The van der Waals surface area contributed by atoms with Gasteiger partial charge in [-0.3, -0.25) is 4.79 Å². The fraction of sp³-hybridized carbons (Fsp3) is 0.455. The zero-order valence-corrected chi connectivity index (χ0v) is 9.98. The highest BCUT2D eigenvalue weighted by molar-refractivity contribution is 6.29. The second-order valence-electron chi connectivity index (χ2n) is 4.25. The molecule has 18 heavy (non-hydrogen) atoms. The Morgan fingerprint density at radius 3 is 2.56 bits per heavy atom. The van der Waals surface area contributed by atoms with Crippen LogP contribution in [0.2, 0.25) is 5.15 Å². The first-order valence-electron chi connectivity index (χ1n) is 5.31. The summed E-state index contributed by atoms with van der Waals surface area (Å²) in [6.45, 7) is -1.31. The highest BCUT2D eigenvalue weighted by Crippen LogP contribution is 2.48. The van der Waals surface area contributed by atoms with Crippen LogP contribution >= 0.6 is 11.6 Å². The maximum Gasteiger partial charge on any atom is 0.405 e. The minimum atomic E-state index is -4.40. The van der Waals surface area contributed by atoms with E-state index >= 15 is 0 Å². The number of nitrogens with zero attached hydrogens (tertiary/aromatic N) is 1. The first-order chi connectivity index (χ1) is 8.33. The van der Waals surface area contributed by atoms with Crippen molar-refractivity contribution in [2.24, 2.45) is 0 Å². The predicted molar refractivity (Wildman–Crippen MR) is 59.2 cm³/mol. The van der Waals surface area contributed by atoms with E-state index in [4.69, 9.17) is 11.6 Å². The van der Waals surface area contributed by atoms with Gasteiger partial charge in [0.15, 0.2) is 0 Å². The predicted octanol–water partition coefficient (Wildman–Crippen LogP) is 2.45. The monoisotopic (exact) mass is 278 g/mol. The van der Waals surface area contributed by atoms with Crippen molar-refractivity contribution < 1.29 is 18.0 Å². The first-order valence-corrected chi connectivity index (χ1v) is 5.68. The summed E-state index contributed by atoms with van der Waals surface area (Å²) < 4.78 is 36.1. The molecule has 98 valence electrons. The molecule has 0 aromatic carbocycles. The SMILES string of the molecule is O=C(NCC(F)(F)F)C1(c2ccc(Cl)nc2)CC1. The van der Waals surface area contributed by atoms with Crippen molar-refractivity contribution in [3.8, 4) is 0 Å². The molecule has 1 fully saturated rings. The molecule has 1 saturated carbocycles. The van der Waals surface area contributed by atoms with E-state index < -0.39 is 24.0 Å². The molecule has 2 rings (SSSR count). The topological polar surface area (TPSA) is 42.0 Å². The van der Waals surface area contributed by atoms with Crippen molar-refractivity contribution >= 4 is 17.5 Å². The normalized spacial score (nSPS) is 17.3. The zero-order chi connectivity index (χ0) is 13.4. The number of carbonyl (C=O) groups excluding carboxylic acids is 1. The molecule has 1 heterocycles. The van der Waals surface area contributed by atoms with E-state index in [0.717, 1.165) is 0 Å². The number of hydrogen-bond donors (Lipinski definition) is 1. The summed E-state index contributed by atoms with van der Waals surface area (Å²) in [5, 5.41) is 2.20. The van der Waals surface area contributed by atoms with Gasteiger partial charge >= 0.3 is 6.18 Å². The number of pyridine rings is 1. The van der Waals surface area contributed by atoms with Crippen LogP contribution in [0, 0.1) is 0 Å². The third-order valence-corrected chi connectivity index (χ3v) is 3.14. The van der Waals surface area contributed by atoms with Crippen LogP contribution in [0.1, 0.15) is 18.4 Å². The third kappa shape index (κ3) is 2.75. The Kier molecular flexibility index (Phi) is 3.23. The molecular weight excluding hydrogens is 269 g/mol. The standard InChI is InChI=1S/C11H10ClF3N2O/c12-8-2-1-7(5-16-8)10(3-4-10)9(18)17-6-11(13,14)15/h1-2,5H,3-4,6H2,(H,17,18). The van der Waals surface area contributed by atoms with Crippen LogP contribution in [0.25, 0.3) is 0 Å². The zero-order valence-electron chi connectivity index (χ0n) is 9.22. The maximum atomic E-state index is 12.0. The summed E-state index contributed by atoms with van der Waals surface area (Å²) in [4.78, 5) is 15.6. The third-order valence-electron chi connectivity index (χ3n) is 2.91. The molecule has 0 spiro atoms. The summed E-state index contributed by atoms with van der Waals surface area (Å²) in [5.74, 6) is -0.607. The Morgan fingerprint density at radius 1 is 1.44 bits per heavy atom. The first kappa shape index (κ1) is 13.1. The number of hydrogen-bond acceptors (Lipinski definition) is 2. The van der Waals surface area contributed by atoms with Crippen molar-refractivity contribution in [1.29, 1.82) is 0 Å². The molecule has 0 atom stereocenters. The van der Waals surface area contributed by atoms with Crippen molar-refractivity contribution in [1.82, 2.24) is 10.3 Å². The Bertz CT molecular complexity index is 454. The second kappa shape index (κ2) is 4.42. The summed E-state index contributed by atoms with van der Waals surface area (Å²) in [5.41, 5.74) is -0.255. The molecule has 0 aliphatic heterocycles. The minimum Gasteiger partial charge on any atom is -0.346 e. The molecule has 1 aliphatic carbocycles. The number of halogens is 4. The lowest BCUT2D eigenvalue weighted by molar-refractivity contribution is -0.139. The smallest absolute Gasteiger partial charge is 0.346 e. The fourth-order valence-corrected chi connectivity index (χ4v) is 1.89. The number of alkyl halides is 3. The summed E-state index contributed by atoms with van der Waals surface area (Å²) in [7, 11) is 0. The van der Waals surface area contributed by atoms with E-state index in [9.17, 15) is 18.0 Å². The summed E-state index contributed by atoms with van der Waals surface area (Å²) in [6, 6.07) is 3.14. The fourth-order valence-electron chi connectivity index (χ4n) is 1.78. The molecule has 0 saturated heterocycles. The van der Waals surface area contributed by atoms with Crippen LogP contribution in [0.15, 0.2) is 18.3 Å². The van der Waals surface area contributed by atoms with Crippen LogP contribution in [0.3, 0.4) is 0 Å². The highest BCUT2D eigenvalue weighted by atomic mass is 35.5. The average Bonchev–Trinajstić information content (AvgIpc) is 3.07. The summed E-state index contributed by atoms with van der Waals surface area (Å²) >= 11 is 5.62. The Morgan fingerprint density at radius 2 is 2.11 bits per heavy atom. The van der Waals surface area contributed by atoms with E-state index in [0.29, 0.717) is 18.4 Å². The van der Waals surface area contributed by atoms with Gasteiger partial charge in [0.1, 0.15) is 11.7 Å². The number of rotatable bonds is 3. The number of aromatic nitrogens is 1. The van der Waals surface area contributed by atoms with Gasteiger partial charge in [0, 0.05) is 6.20 Å². The van der Waals surface area contributed by atoms with Crippen LogP contribution < -0.4 is 5.32 Å². The number of amides is 1. The van der Waals surface area contributed by atoms with Crippen molar-refractivity contribution in [2.45, 2.75) is 24.4 Å². The van der Waals surface area contributed by atoms with Gasteiger partial charge in [-0.2, -0.15) is 13.2 Å². The van der Waals surface area contributed by atoms with Crippen LogP contribution in [-0.2, 0) is 10.2 Å². The molecule has 1 aromatic rings. The molecule has 1 aliphatic rings.